The maximum absolute atomic E-state index is 11.6. The zero-order chi connectivity index (χ0) is 18.0. The van der Waals surface area contributed by atoms with E-state index >= 15 is 0 Å². The van der Waals surface area contributed by atoms with Crippen LogP contribution >= 0.6 is 11.6 Å². The molecule has 10 heteroatoms. The van der Waals surface area contributed by atoms with Gasteiger partial charge in [-0.1, -0.05) is 16.8 Å². The SMILES string of the molecule is CNC(=O)c1ccc(Nc2ncc(-c3nc(C)no3)c(N)n2)cc1Cl. The molecule has 0 fully saturated rings. The number of aromatic nitrogens is 4. The number of hydrogen-bond acceptors (Lipinski definition) is 8. The van der Waals surface area contributed by atoms with Crippen LogP contribution in [-0.4, -0.2) is 33.1 Å². The Morgan fingerprint density at radius 3 is 2.72 bits per heavy atom. The molecule has 3 aromatic rings. The number of nitrogen functional groups attached to an aromatic ring is 1. The number of aryl methyl sites for hydroxylation is 1. The number of nitrogens with one attached hydrogen (secondary N) is 2. The molecule has 1 aromatic carbocycles. The van der Waals surface area contributed by atoms with Crippen LogP contribution in [0, 0.1) is 6.92 Å². The number of benzene rings is 1. The van der Waals surface area contributed by atoms with Gasteiger partial charge >= 0.3 is 0 Å². The van der Waals surface area contributed by atoms with Crippen molar-refractivity contribution in [2.75, 3.05) is 18.1 Å². The predicted octanol–water partition coefficient (Wildman–Crippen LogP) is 2.17. The van der Waals surface area contributed by atoms with E-state index in [4.69, 9.17) is 21.9 Å². The molecule has 25 heavy (non-hydrogen) atoms. The van der Waals surface area contributed by atoms with Gasteiger partial charge in [0.1, 0.15) is 11.4 Å². The lowest BCUT2D eigenvalue weighted by Crippen LogP contribution is -2.18. The summed E-state index contributed by atoms with van der Waals surface area (Å²) < 4.78 is 5.05. The number of rotatable bonds is 4. The van der Waals surface area contributed by atoms with E-state index in [0.29, 0.717) is 27.7 Å². The molecular formula is C15H14ClN7O2. The molecule has 4 N–H and O–H groups in total. The van der Waals surface area contributed by atoms with Crippen molar-refractivity contribution in [2.45, 2.75) is 6.92 Å². The normalized spacial score (nSPS) is 10.5. The van der Waals surface area contributed by atoms with Gasteiger partial charge in [0.25, 0.3) is 11.8 Å². The fraction of sp³-hybridized carbons (Fsp3) is 0.133. The van der Waals surface area contributed by atoms with Crippen LogP contribution in [0.2, 0.25) is 5.02 Å². The van der Waals surface area contributed by atoms with E-state index in [2.05, 4.69) is 30.7 Å². The maximum atomic E-state index is 11.6. The Morgan fingerprint density at radius 2 is 2.12 bits per heavy atom. The van der Waals surface area contributed by atoms with E-state index in [9.17, 15) is 4.79 Å². The largest absolute Gasteiger partial charge is 0.383 e. The predicted molar refractivity (Wildman–Crippen MR) is 92.6 cm³/mol. The smallest absolute Gasteiger partial charge is 0.263 e. The van der Waals surface area contributed by atoms with Crippen molar-refractivity contribution < 1.29 is 9.32 Å². The van der Waals surface area contributed by atoms with Crippen LogP contribution in [0.15, 0.2) is 28.9 Å². The summed E-state index contributed by atoms with van der Waals surface area (Å²) >= 11 is 6.11. The van der Waals surface area contributed by atoms with Crippen molar-refractivity contribution in [1.29, 1.82) is 0 Å². The van der Waals surface area contributed by atoms with Crippen LogP contribution in [-0.2, 0) is 0 Å². The summed E-state index contributed by atoms with van der Waals surface area (Å²) in [7, 11) is 1.54. The Kier molecular flexibility index (Phi) is 4.48. The van der Waals surface area contributed by atoms with Gasteiger partial charge in [0, 0.05) is 18.9 Å². The molecule has 9 nitrogen and oxygen atoms in total. The third-order valence-corrected chi connectivity index (χ3v) is 3.59. The summed E-state index contributed by atoms with van der Waals surface area (Å²) in [6.45, 7) is 1.70. The number of nitrogens with two attached hydrogens (primary N) is 1. The first-order valence-electron chi connectivity index (χ1n) is 7.20. The molecule has 0 aliphatic heterocycles. The number of nitrogens with zero attached hydrogens (tertiary/aromatic N) is 4. The highest BCUT2D eigenvalue weighted by atomic mass is 35.5. The maximum Gasteiger partial charge on any atom is 0.263 e. The Labute approximate surface area is 147 Å². The molecule has 0 atom stereocenters. The van der Waals surface area contributed by atoms with Crippen molar-refractivity contribution in [3.05, 3.63) is 40.8 Å². The lowest BCUT2D eigenvalue weighted by Gasteiger charge is -2.09. The van der Waals surface area contributed by atoms with Crippen LogP contribution in [0.3, 0.4) is 0 Å². The van der Waals surface area contributed by atoms with Gasteiger partial charge in [-0.15, -0.1) is 0 Å². The highest BCUT2D eigenvalue weighted by molar-refractivity contribution is 6.34. The molecule has 0 radical (unpaired) electrons. The first kappa shape index (κ1) is 16.7. The average molecular weight is 360 g/mol. The van der Waals surface area contributed by atoms with Gasteiger partial charge in [-0.3, -0.25) is 4.79 Å². The zero-order valence-corrected chi connectivity index (χ0v) is 14.1. The van der Waals surface area contributed by atoms with E-state index in [1.165, 1.54) is 13.2 Å². The summed E-state index contributed by atoms with van der Waals surface area (Å²) in [6.07, 6.45) is 1.48. The second-order valence-corrected chi connectivity index (χ2v) is 5.45. The number of carbonyl (C=O) groups is 1. The van der Waals surface area contributed by atoms with Crippen molar-refractivity contribution in [2.24, 2.45) is 0 Å². The monoisotopic (exact) mass is 359 g/mol. The lowest BCUT2D eigenvalue weighted by atomic mass is 10.2. The number of halogens is 1. The van der Waals surface area contributed by atoms with E-state index in [-0.39, 0.29) is 23.6 Å². The molecule has 2 heterocycles. The second-order valence-electron chi connectivity index (χ2n) is 5.04. The van der Waals surface area contributed by atoms with E-state index in [1.807, 2.05) is 0 Å². The molecule has 1 amide bonds. The number of hydrogen-bond donors (Lipinski definition) is 3. The van der Waals surface area contributed by atoms with Gasteiger partial charge in [-0.25, -0.2) is 4.98 Å². The summed E-state index contributed by atoms with van der Waals surface area (Å²) in [6, 6.07) is 4.88. The fourth-order valence-corrected chi connectivity index (χ4v) is 2.33. The summed E-state index contributed by atoms with van der Waals surface area (Å²) in [5.41, 5.74) is 7.36. The van der Waals surface area contributed by atoms with Gasteiger partial charge in [0.2, 0.25) is 5.95 Å². The third-order valence-electron chi connectivity index (χ3n) is 3.27. The minimum Gasteiger partial charge on any atom is -0.383 e. The van der Waals surface area contributed by atoms with Crippen LogP contribution in [0.4, 0.5) is 17.5 Å². The molecule has 3 rings (SSSR count). The molecule has 2 aromatic heterocycles. The summed E-state index contributed by atoms with van der Waals surface area (Å²) in [5.74, 6) is 0.925. The van der Waals surface area contributed by atoms with Crippen molar-refractivity contribution >= 4 is 35.0 Å². The van der Waals surface area contributed by atoms with E-state index in [0.717, 1.165) is 0 Å². The van der Waals surface area contributed by atoms with Gasteiger partial charge in [-0.2, -0.15) is 9.97 Å². The van der Waals surface area contributed by atoms with Crippen LogP contribution in [0.25, 0.3) is 11.5 Å². The minimum atomic E-state index is -0.267. The Hall–Kier alpha value is -3.20. The fourth-order valence-electron chi connectivity index (χ4n) is 2.07. The van der Waals surface area contributed by atoms with Crippen molar-refractivity contribution in [3.63, 3.8) is 0 Å². The average Bonchev–Trinajstić information content (AvgIpc) is 3.00. The molecule has 0 spiro atoms. The lowest BCUT2D eigenvalue weighted by molar-refractivity contribution is 0.0963. The quantitative estimate of drug-likeness (QED) is 0.645. The molecule has 0 unspecified atom stereocenters. The Balaban J connectivity index is 1.83. The van der Waals surface area contributed by atoms with E-state index in [1.54, 1.807) is 25.1 Å². The standard InChI is InChI=1S/C15H14ClN7O2/c1-7-20-14(25-23-7)10-6-19-15(22-12(10)17)21-8-3-4-9(11(16)5-8)13(24)18-2/h3-6H,1-2H3,(H,18,24)(H3,17,19,21,22). The molecule has 0 aliphatic carbocycles. The highest BCUT2D eigenvalue weighted by Gasteiger charge is 2.14. The number of anilines is 3. The molecule has 0 saturated carbocycles. The second kappa shape index (κ2) is 6.73. The zero-order valence-electron chi connectivity index (χ0n) is 13.4. The molecule has 0 bridgehead atoms. The van der Waals surface area contributed by atoms with Crippen LogP contribution in [0.5, 0.6) is 0 Å². The van der Waals surface area contributed by atoms with Gasteiger partial charge in [0.05, 0.1) is 10.6 Å². The topological polar surface area (TPSA) is 132 Å². The minimum absolute atomic E-state index is 0.189. The number of amides is 1. The molecule has 128 valence electrons. The number of carbonyl (C=O) groups excluding carboxylic acids is 1. The first-order chi connectivity index (χ1) is 12.0. The summed E-state index contributed by atoms with van der Waals surface area (Å²) in [5, 5.41) is 9.49. The van der Waals surface area contributed by atoms with Crippen molar-refractivity contribution in [3.8, 4) is 11.5 Å². The van der Waals surface area contributed by atoms with Gasteiger partial charge in [0.15, 0.2) is 5.82 Å². The van der Waals surface area contributed by atoms with Crippen molar-refractivity contribution in [1.82, 2.24) is 25.4 Å². The highest BCUT2D eigenvalue weighted by Crippen LogP contribution is 2.25. The third kappa shape index (κ3) is 3.50. The van der Waals surface area contributed by atoms with Gasteiger partial charge < -0.3 is 20.9 Å². The van der Waals surface area contributed by atoms with Crippen LogP contribution in [0.1, 0.15) is 16.2 Å². The molecule has 0 saturated heterocycles. The first-order valence-corrected chi connectivity index (χ1v) is 7.57. The molecular weight excluding hydrogens is 346 g/mol. The van der Waals surface area contributed by atoms with Gasteiger partial charge in [-0.05, 0) is 25.1 Å². The Morgan fingerprint density at radius 1 is 1.32 bits per heavy atom. The molecule has 0 aliphatic rings. The van der Waals surface area contributed by atoms with Crippen LogP contribution < -0.4 is 16.4 Å². The summed E-state index contributed by atoms with van der Waals surface area (Å²) in [4.78, 5) is 24.1. The Bertz CT molecular complexity index is 941. The van der Waals surface area contributed by atoms with E-state index < -0.39 is 0 Å².